The fraction of sp³-hybridized carbons (Fsp3) is 0.273. The molecular weight excluding hydrogens is 196 g/mol. The van der Waals surface area contributed by atoms with Crippen molar-refractivity contribution in [2.75, 3.05) is 21.3 Å². The van der Waals surface area contributed by atoms with Crippen molar-refractivity contribution in [1.82, 2.24) is 0 Å². The number of aromatic hydroxyl groups is 1. The van der Waals surface area contributed by atoms with Crippen LogP contribution >= 0.6 is 0 Å². The summed E-state index contributed by atoms with van der Waals surface area (Å²) in [6.07, 6.45) is 0. The molecule has 0 aromatic heterocycles. The summed E-state index contributed by atoms with van der Waals surface area (Å²) in [6, 6.07) is 3.26. The molecule has 82 valence electrons. The molecule has 4 heteroatoms. The Kier molecular flexibility index (Phi) is 3.44. The molecule has 0 aliphatic rings. The van der Waals surface area contributed by atoms with Gasteiger partial charge in [-0.05, 0) is 12.1 Å². The maximum absolute atomic E-state index is 9.65. The molecule has 1 rings (SSSR count). The van der Waals surface area contributed by atoms with Gasteiger partial charge in [0.25, 0.3) is 0 Å². The SMILES string of the molecule is C=C(OC)c1cc(OC)c(O)c(OC)c1. The minimum atomic E-state index is -0.0346. The van der Waals surface area contributed by atoms with Crippen LogP contribution in [0.25, 0.3) is 5.76 Å². The molecule has 0 fully saturated rings. The number of hydrogen-bond donors (Lipinski definition) is 1. The van der Waals surface area contributed by atoms with E-state index in [-0.39, 0.29) is 5.75 Å². The first-order valence-electron chi connectivity index (χ1n) is 4.32. The van der Waals surface area contributed by atoms with Gasteiger partial charge in [-0.15, -0.1) is 0 Å². The van der Waals surface area contributed by atoms with Crippen molar-refractivity contribution in [3.8, 4) is 17.2 Å². The molecule has 0 heterocycles. The summed E-state index contributed by atoms with van der Waals surface area (Å²) in [4.78, 5) is 0. The van der Waals surface area contributed by atoms with Crippen molar-refractivity contribution in [2.24, 2.45) is 0 Å². The van der Waals surface area contributed by atoms with Gasteiger partial charge in [-0.1, -0.05) is 6.58 Å². The first-order valence-corrected chi connectivity index (χ1v) is 4.32. The summed E-state index contributed by atoms with van der Waals surface area (Å²) in [5, 5.41) is 9.65. The lowest BCUT2D eigenvalue weighted by molar-refractivity contribution is 0.337. The molecule has 0 bridgehead atoms. The molecule has 0 amide bonds. The lowest BCUT2D eigenvalue weighted by atomic mass is 10.1. The fourth-order valence-electron chi connectivity index (χ4n) is 1.17. The van der Waals surface area contributed by atoms with E-state index >= 15 is 0 Å². The van der Waals surface area contributed by atoms with Crippen LogP contribution in [0.2, 0.25) is 0 Å². The molecule has 0 saturated heterocycles. The summed E-state index contributed by atoms with van der Waals surface area (Å²) in [7, 11) is 4.45. The van der Waals surface area contributed by atoms with Crippen molar-refractivity contribution < 1.29 is 19.3 Å². The van der Waals surface area contributed by atoms with Gasteiger partial charge >= 0.3 is 0 Å². The maximum Gasteiger partial charge on any atom is 0.200 e. The van der Waals surface area contributed by atoms with Crippen LogP contribution in [0.1, 0.15) is 5.56 Å². The van der Waals surface area contributed by atoms with Crippen LogP contribution < -0.4 is 9.47 Å². The topological polar surface area (TPSA) is 47.9 Å². The smallest absolute Gasteiger partial charge is 0.200 e. The summed E-state index contributed by atoms with van der Waals surface area (Å²) in [5.74, 6) is 1.09. The Balaban J connectivity index is 3.26. The van der Waals surface area contributed by atoms with E-state index in [2.05, 4.69) is 6.58 Å². The van der Waals surface area contributed by atoms with Gasteiger partial charge in [0.15, 0.2) is 11.5 Å². The third-order valence-electron chi connectivity index (χ3n) is 2.05. The Morgan fingerprint density at radius 1 is 1.13 bits per heavy atom. The number of ether oxygens (including phenoxy) is 3. The second kappa shape index (κ2) is 4.59. The Hall–Kier alpha value is -1.84. The van der Waals surface area contributed by atoms with E-state index in [1.807, 2.05) is 0 Å². The molecule has 0 aliphatic carbocycles. The summed E-state index contributed by atoms with van der Waals surface area (Å²) >= 11 is 0. The molecule has 15 heavy (non-hydrogen) atoms. The molecule has 0 saturated carbocycles. The van der Waals surface area contributed by atoms with Crippen molar-refractivity contribution in [2.45, 2.75) is 0 Å². The number of benzene rings is 1. The van der Waals surface area contributed by atoms with Crippen molar-refractivity contribution in [1.29, 1.82) is 0 Å². The highest BCUT2D eigenvalue weighted by molar-refractivity contribution is 5.65. The van der Waals surface area contributed by atoms with Gasteiger partial charge in [0.2, 0.25) is 5.75 Å². The van der Waals surface area contributed by atoms with Crippen LogP contribution in [0.15, 0.2) is 18.7 Å². The number of phenolic OH excluding ortho intramolecular Hbond substituents is 1. The quantitative estimate of drug-likeness (QED) is 0.772. The predicted molar refractivity (Wildman–Crippen MR) is 57.3 cm³/mol. The molecule has 0 aliphatic heterocycles. The van der Waals surface area contributed by atoms with E-state index < -0.39 is 0 Å². The van der Waals surface area contributed by atoms with E-state index in [1.165, 1.54) is 21.3 Å². The van der Waals surface area contributed by atoms with E-state index in [9.17, 15) is 5.11 Å². The molecule has 0 unspecified atom stereocenters. The van der Waals surface area contributed by atoms with Gasteiger partial charge in [0.05, 0.1) is 21.3 Å². The first-order chi connectivity index (χ1) is 7.13. The Bertz CT molecular complexity index is 346. The number of methoxy groups -OCH3 is 3. The monoisotopic (exact) mass is 210 g/mol. The van der Waals surface area contributed by atoms with E-state index in [1.54, 1.807) is 12.1 Å². The van der Waals surface area contributed by atoms with Crippen molar-refractivity contribution in [3.63, 3.8) is 0 Å². The van der Waals surface area contributed by atoms with E-state index in [0.717, 1.165) is 0 Å². The Morgan fingerprint density at radius 2 is 1.60 bits per heavy atom. The Labute approximate surface area is 88.7 Å². The molecule has 1 aromatic rings. The fourth-order valence-corrected chi connectivity index (χ4v) is 1.17. The van der Waals surface area contributed by atoms with Gasteiger partial charge in [-0.2, -0.15) is 0 Å². The largest absolute Gasteiger partial charge is 0.502 e. The van der Waals surface area contributed by atoms with Crippen molar-refractivity contribution in [3.05, 3.63) is 24.3 Å². The molecule has 0 radical (unpaired) electrons. The molecule has 0 atom stereocenters. The normalized spacial score (nSPS) is 9.53. The maximum atomic E-state index is 9.65. The van der Waals surface area contributed by atoms with Crippen LogP contribution in [-0.2, 0) is 4.74 Å². The van der Waals surface area contributed by atoms with Gasteiger partial charge in [0.1, 0.15) is 5.76 Å². The Morgan fingerprint density at radius 3 is 1.93 bits per heavy atom. The highest BCUT2D eigenvalue weighted by atomic mass is 16.5. The van der Waals surface area contributed by atoms with E-state index in [0.29, 0.717) is 22.8 Å². The zero-order valence-corrected chi connectivity index (χ0v) is 9.03. The number of hydrogen-bond acceptors (Lipinski definition) is 4. The minimum absolute atomic E-state index is 0.0346. The number of phenols is 1. The lowest BCUT2D eigenvalue weighted by Crippen LogP contribution is -1.93. The standard InChI is InChI=1S/C11H14O4/c1-7(13-2)8-5-9(14-3)11(12)10(6-8)15-4/h5-6,12H,1H2,2-4H3. The average molecular weight is 210 g/mol. The number of rotatable bonds is 4. The van der Waals surface area contributed by atoms with Crippen LogP contribution in [0, 0.1) is 0 Å². The van der Waals surface area contributed by atoms with Gasteiger partial charge in [-0.25, -0.2) is 0 Å². The minimum Gasteiger partial charge on any atom is -0.502 e. The predicted octanol–water partition coefficient (Wildman–Crippen LogP) is 2.03. The van der Waals surface area contributed by atoms with Crippen LogP contribution in [0.3, 0.4) is 0 Å². The first kappa shape index (κ1) is 11.2. The van der Waals surface area contributed by atoms with Crippen LogP contribution in [-0.4, -0.2) is 26.4 Å². The zero-order valence-electron chi connectivity index (χ0n) is 9.03. The molecule has 1 aromatic carbocycles. The second-order valence-corrected chi connectivity index (χ2v) is 2.86. The van der Waals surface area contributed by atoms with Crippen molar-refractivity contribution >= 4 is 5.76 Å². The summed E-state index contributed by atoms with van der Waals surface area (Å²) in [6.45, 7) is 3.71. The molecule has 4 nitrogen and oxygen atoms in total. The van der Waals surface area contributed by atoms with Crippen LogP contribution in [0.5, 0.6) is 17.2 Å². The second-order valence-electron chi connectivity index (χ2n) is 2.86. The molecule has 0 spiro atoms. The highest BCUT2D eigenvalue weighted by Gasteiger charge is 2.12. The van der Waals surface area contributed by atoms with Gasteiger partial charge in [0, 0.05) is 5.56 Å². The van der Waals surface area contributed by atoms with Gasteiger partial charge < -0.3 is 19.3 Å². The lowest BCUT2D eigenvalue weighted by Gasteiger charge is -2.11. The van der Waals surface area contributed by atoms with E-state index in [4.69, 9.17) is 14.2 Å². The summed E-state index contributed by atoms with van der Waals surface area (Å²) in [5.41, 5.74) is 0.698. The zero-order chi connectivity index (χ0) is 11.4. The highest BCUT2D eigenvalue weighted by Crippen LogP contribution is 2.38. The van der Waals surface area contributed by atoms with Crippen LogP contribution in [0.4, 0.5) is 0 Å². The molecular formula is C11H14O4. The molecule has 1 N–H and O–H groups in total. The average Bonchev–Trinajstić information content (AvgIpc) is 2.28. The van der Waals surface area contributed by atoms with Gasteiger partial charge in [-0.3, -0.25) is 0 Å². The third kappa shape index (κ3) is 2.15. The summed E-state index contributed by atoms with van der Waals surface area (Å²) < 4.78 is 15.0. The third-order valence-corrected chi connectivity index (χ3v) is 2.05.